The molecular weight excluding hydrogens is 240 g/mol. The highest BCUT2D eigenvalue weighted by molar-refractivity contribution is 9.10. The van der Waals surface area contributed by atoms with Crippen LogP contribution in [0.1, 0.15) is 32.3 Å². The average molecular weight is 255 g/mol. The maximum absolute atomic E-state index is 11.8. The lowest BCUT2D eigenvalue weighted by Gasteiger charge is -2.14. The number of Topliss-reactive ketones (excluding diaryl/α,β-unsaturated/α-hetero) is 1. The van der Waals surface area contributed by atoms with Crippen LogP contribution in [0.3, 0.4) is 0 Å². The lowest BCUT2D eigenvalue weighted by Crippen LogP contribution is -2.15. The quantitative estimate of drug-likeness (QED) is 0.803. The van der Waals surface area contributed by atoms with Gasteiger partial charge in [0, 0.05) is 16.3 Å². The first-order chi connectivity index (χ1) is 6.54. The summed E-state index contributed by atoms with van der Waals surface area (Å²) in [5, 5.41) is 0. The molecule has 0 saturated heterocycles. The van der Waals surface area contributed by atoms with Crippen molar-refractivity contribution in [2.75, 3.05) is 0 Å². The zero-order valence-electron chi connectivity index (χ0n) is 8.75. The number of hydrogen-bond donors (Lipinski definition) is 0. The van der Waals surface area contributed by atoms with Gasteiger partial charge in [0.15, 0.2) is 0 Å². The number of hydrogen-bond acceptors (Lipinski definition) is 1. The van der Waals surface area contributed by atoms with Gasteiger partial charge in [-0.15, -0.1) is 0 Å². The molecule has 0 N–H and O–H groups in total. The van der Waals surface area contributed by atoms with Gasteiger partial charge in [0.05, 0.1) is 0 Å². The van der Waals surface area contributed by atoms with E-state index in [-0.39, 0.29) is 17.6 Å². The summed E-state index contributed by atoms with van der Waals surface area (Å²) < 4.78 is 1.02. The van der Waals surface area contributed by atoms with E-state index in [2.05, 4.69) is 15.9 Å². The maximum Gasteiger partial charge on any atom is 0.142 e. The highest BCUT2D eigenvalue weighted by Crippen LogP contribution is 2.26. The molecule has 0 heterocycles. The van der Waals surface area contributed by atoms with E-state index in [1.54, 1.807) is 0 Å². The van der Waals surface area contributed by atoms with Gasteiger partial charge in [-0.1, -0.05) is 54.9 Å². The van der Waals surface area contributed by atoms with E-state index in [4.69, 9.17) is 0 Å². The average Bonchev–Trinajstić information content (AvgIpc) is 2.16. The van der Waals surface area contributed by atoms with Crippen LogP contribution in [0, 0.1) is 5.92 Å². The third kappa shape index (κ3) is 2.44. The summed E-state index contributed by atoms with van der Waals surface area (Å²) in [4.78, 5) is 11.8. The van der Waals surface area contributed by atoms with Gasteiger partial charge in [0.1, 0.15) is 5.78 Å². The van der Waals surface area contributed by atoms with Crippen molar-refractivity contribution in [3.8, 4) is 0 Å². The minimum atomic E-state index is -0.0226. The molecule has 2 heteroatoms. The summed E-state index contributed by atoms with van der Waals surface area (Å²) in [6.45, 7) is 5.84. The van der Waals surface area contributed by atoms with Gasteiger partial charge in [0.25, 0.3) is 0 Å². The first-order valence-corrected chi connectivity index (χ1v) is 5.61. The minimum Gasteiger partial charge on any atom is -0.299 e. The van der Waals surface area contributed by atoms with Crippen molar-refractivity contribution in [3.63, 3.8) is 0 Å². The minimum absolute atomic E-state index is 0.0226. The summed E-state index contributed by atoms with van der Waals surface area (Å²) in [5.74, 6) is 0.361. The van der Waals surface area contributed by atoms with Gasteiger partial charge in [0.2, 0.25) is 0 Å². The van der Waals surface area contributed by atoms with Crippen molar-refractivity contribution in [1.82, 2.24) is 0 Å². The van der Waals surface area contributed by atoms with Crippen LogP contribution in [0.25, 0.3) is 0 Å². The van der Waals surface area contributed by atoms with Crippen LogP contribution in [-0.2, 0) is 4.79 Å². The molecule has 0 bridgehead atoms. The lowest BCUT2D eigenvalue weighted by molar-refractivity contribution is -0.123. The van der Waals surface area contributed by atoms with Crippen LogP contribution in [0.2, 0.25) is 0 Å². The van der Waals surface area contributed by atoms with E-state index >= 15 is 0 Å². The van der Waals surface area contributed by atoms with E-state index in [1.807, 2.05) is 45.0 Å². The van der Waals surface area contributed by atoms with E-state index in [9.17, 15) is 4.79 Å². The molecule has 0 amide bonds. The zero-order chi connectivity index (χ0) is 10.7. The third-order valence-corrected chi connectivity index (χ3v) is 3.09. The Labute approximate surface area is 93.7 Å². The lowest BCUT2D eigenvalue weighted by atomic mass is 9.91. The van der Waals surface area contributed by atoms with Crippen LogP contribution in [-0.4, -0.2) is 5.78 Å². The van der Waals surface area contributed by atoms with Crippen molar-refractivity contribution >= 4 is 21.7 Å². The number of ketones is 1. The first kappa shape index (κ1) is 11.4. The molecule has 1 atom stereocenters. The molecule has 0 aliphatic rings. The van der Waals surface area contributed by atoms with Crippen LogP contribution in [0.15, 0.2) is 28.7 Å². The SMILES string of the molecule is CC(C)C(=O)C(C)c1ccccc1Br. The van der Waals surface area contributed by atoms with Gasteiger partial charge >= 0.3 is 0 Å². The zero-order valence-corrected chi connectivity index (χ0v) is 10.3. The Morgan fingerprint density at radius 2 is 1.79 bits per heavy atom. The summed E-state index contributed by atoms with van der Waals surface area (Å²) >= 11 is 3.46. The Hall–Kier alpha value is -0.630. The van der Waals surface area contributed by atoms with Crippen LogP contribution in [0.4, 0.5) is 0 Å². The Morgan fingerprint density at radius 3 is 2.29 bits per heavy atom. The highest BCUT2D eigenvalue weighted by Gasteiger charge is 2.19. The standard InChI is InChI=1S/C12H15BrO/c1-8(2)12(14)9(3)10-6-4-5-7-11(10)13/h4-9H,1-3H3. The molecule has 1 nitrogen and oxygen atoms in total. The van der Waals surface area contributed by atoms with E-state index < -0.39 is 0 Å². The summed E-state index contributed by atoms with van der Waals surface area (Å²) in [5.41, 5.74) is 1.08. The molecule has 0 radical (unpaired) electrons. The second-order valence-electron chi connectivity index (χ2n) is 3.80. The van der Waals surface area contributed by atoms with E-state index in [0.29, 0.717) is 0 Å². The maximum atomic E-state index is 11.8. The van der Waals surface area contributed by atoms with Crippen molar-refractivity contribution in [1.29, 1.82) is 0 Å². The van der Waals surface area contributed by atoms with Gasteiger partial charge in [-0.25, -0.2) is 0 Å². The molecule has 0 spiro atoms. The molecule has 0 aliphatic carbocycles. The van der Waals surface area contributed by atoms with E-state index in [0.717, 1.165) is 10.0 Å². The molecule has 0 saturated carbocycles. The van der Waals surface area contributed by atoms with Gasteiger partial charge in [-0.05, 0) is 11.6 Å². The predicted octanol–water partition coefficient (Wildman–Crippen LogP) is 3.78. The van der Waals surface area contributed by atoms with Gasteiger partial charge < -0.3 is 0 Å². The number of carbonyl (C=O) groups is 1. The first-order valence-electron chi connectivity index (χ1n) is 4.82. The van der Waals surface area contributed by atoms with Crippen molar-refractivity contribution in [2.24, 2.45) is 5.92 Å². The fourth-order valence-corrected chi connectivity index (χ4v) is 2.11. The normalized spacial score (nSPS) is 12.9. The summed E-state index contributed by atoms with van der Waals surface area (Å²) in [7, 11) is 0. The van der Waals surface area contributed by atoms with Crippen molar-refractivity contribution in [2.45, 2.75) is 26.7 Å². The molecule has 0 aliphatic heterocycles. The molecule has 14 heavy (non-hydrogen) atoms. The third-order valence-electron chi connectivity index (χ3n) is 2.37. The second kappa shape index (κ2) is 4.74. The topological polar surface area (TPSA) is 17.1 Å². The van der Waals surface area contributed by atoms with Crippen LogP contribution < -0.4 is 0 Å². The Kier molecular flexibility index (Phi) is 3.87. The van der Waals surface area contributed by atoms with E-state index in [1.165, 1.54) is 0 Å². The summed E-state index contributed by atoms with van der Waals surface area (Å²) in [6.07, 6.45) is 0. The Balaban J connectivity index is 2.95. The molecule has 76 valence electrons. The van der Waals surface area contributed by atoms with Crippen molar-refractivity contribution < 1.29 is 4.79 Å². The number of carbonyl (C=O) groups excluding carboxylic acids is 1. The highest BCUT2D eigenvalue weighted by atomic mass is 79.9. The van der Waals surface area contributed by atoms with Gasteiger partial charge in [-0.3, -0.25) is 4.79 Å². The van der Waals surface area contributed by atoms with Crippen LogP contribution >= 0.6 is 15.9 Å². The molecule has 0 aromatic heterocycles. The van der Waals surface area contributed by atoms with Crippen molar-refractivity contribution in [3.05, 3.63) is 34.3 Å². The summed E-state index contributed by atoms with van der Waals surface area (Å²) in [6, 6.07) is 7.89. The van der Waals surface area contributed by atoms with Crippen LogP contribution in [0.5, 0.6) is 0 Å². The predicted molar refractivity (Wildman–Crippen MR) is 62.4 cm³/mol. The molecule has 1 rings (SSSR count). The molecule has 0 fully saturated rings. The Morgan fingerprint density at radius 1 is 1.21 bits per heavy atom. The number of rotatable bonds is 3. The van der Waals surface area contributed by atoms with Gasteiger partial charge in [-0.2, -0.15) is 0 Å². The number of halogens is 1. The Bertz CT molecular complexity index is 331. The second-order valence-corrected chi connectivity index (χ2v) is 4.65. The molecule has 1 aromatic rings. The largest absolute Gasteiger partial charge is 0.299 e. The smallest absolute Gasteiger partial charge is 0.142 e. The molecular formula is C12H15BrO. The monoisotopic (exact) mass is 254 g/mol. The fraction of sp³-hybridized carbons (Fsp3) is 0.417. The fourth-order valence-electron chi connectivity index (χ4n) is 1.48. The molecule has 1 unspecified atom stereocenters. The number of benzene rings is 1. The molecule has 1 aromatic carbocycles.